The van der Waals surface area contributed by atoms with E-state index in [9.17, 15) is 4.39 Å². The summed E-state index contributed by atoms with van der Waals surface area (Å²) in [5.41, 5.74) is 1.00. The van der Waals surface area contributed by atoms with Gasteiger partial charge in [-0.05, 0) is 17.7 Å². The first kappa shape index (κ1) is 13.1. The van der Waals surface area contributed by atoms with Crippen molar-refractivity contribution in [3.8, 4) is 17.2 Å². The first-order chi connectivity index (χ1) is 7.76. The maximum atomic E-state index is 12.1. The minimum absolute atomic E-state index is 0.0135. The second kappa shape index (κ2) is 6.58. The van der Waals surface area contributed by atoms with Crippen LogP contribution < -0.4 is 14.2 Å². The molecule has 0 amide bonds. The van der Waals surface area contributed by atoms with E-state index in [-0.39, 0.29) is 6.61 Å². The highest BCUT2D eigenvalue weighted by Gasteiger charge is 2.13. The van der Waals surface area contributed by atoms with Crippen molar-refractivity contribution < 1.29 is 18.6 Å². The standard InChI is InChI=1S/C11H14BrFO3/c1-14-9-5-8(7-12)6-10(15-2)11(9)16-4-3-13/h5-6H,3-4,7H2,1-2H3. The molecular weight excluding hydrogens is 279 g/mol. The maximum Gasteiger partial charge on any atom is 0.203 e. The molecule has 90 valence electrons. The molecule has 0 aromatic heterocycles. The topological polar surface area (TPSA) is 27.7 Å². The fraction of sp³-hybridized carbons (Fsp3) is 0.455. The molecule has 0 fully saturated rings. The van der Waals surface area contributed by atoms with Crippen LogP contribution >= 0.6 is 15.9 Å². The van der Waals surface area contributed by atoms with Gasteiger partial charge in [0.25, 0.3) is 0 Å². The van der Waals surface area contributed by atoms with E-state index in [1.54, 1.807) is 0 Å². The van der Waals surface area contributed by atoms with Crippen LogP contribution in [0.3, 0.4) is 0 Å². The molecule has 0 atom stereocenters. The van der Waals surface area contributed by atoms with Crippen molar-refractivity contribution in [3.63, 3.8) is 0 Å². The first-order valence-corrected chi connectivity index (χ1v) is 5.88. The molecule has 0 saturated heterocycles. The predicted octanol–water partition coefficient (Wildman–Crippen LogP) is 2.95. The zero-order valence-electron chi connectivity index (χ0n) is 9.26. The third-order valence-electron chi connectivity index (χ3n) is 2.00. The van der Waals surface area contributed by atoms with Crippen molar-refractivity contribution in [1.82, 2.24) is 0 Å². The number of hydrogen-bond acceptors (Lipinski definition) is 3. The number of benzene rings is 1. The molecule has 16 heavy (non-hydrogen) atoms. The number of rotatable bonds is 6. The second-order valence-electron chi connectivity index (χ2n) is 3.00. The average Bonchev–Trinajstić information content (AvgIpc) is 2.35. The Balaban J connectivity index is 3.09. The van der Waals surface area contributed by atoms with E-state index in [0.29, 0.717) is 22.6 Å². The zero-order valence-corrected chi connectivity index (χ0v) is 10.8. The summed E-state index contributed by atoms with van der Waals surface area (Å²) in [4.78, 5) is 0. The van der Waals surface area contributed by atoms with Gasteiger partial charge in [-0.3, -0.25) is 0 Å². The molecule has 0 unspecified atom stereocenters. The Hall–Kier alpha value is -0.970. The van der Waals surface area contributed by atoms with Crippen molar-refractivity contribution >= 4 is 15.9 Å². The third-order valence-corrected chi connectivity index (χ3v) is 2.65. The molecule has 0 heterocycles. The van der Waals surface area contributed by atoms with Gasteiger partial charge in [0.2, 0.25) is 5.75 Å². The lowest BCUT2D eigenvalue weighted by Crippen LogP contribution is -2.03. The van der Waals surface area contributed by atoms with Crippen LogP contribution in [-0.2, 0) is 5.33 Å². The Bertz CT molecular complexity index is 319. The monoisotopic (exact) mass is 292 g/mol. The first-order valence-electron chi connectivity index (χ1n) is 4.76. The summed E-state index contributed by atoms with van der Waals surface area (Å²) in [6.07, 6.45) is 0. The lowest BCUT2D eigenvalue weighted by Gasteiger charge is -2.14. The molecule has 0 aliphatic carbocycles. The molecular formula is C11H14BrFO3. The van der Waals surface area contributed by atoms with Crippen molar-refractivity contribution in [2.45, 2.75) is 5.33 Å². The summed E-state index contributed by atoms with van der Waals surface area (Å²) in [6.45, 7) is -0.563. The Morgan fingerprint density at radius 3 is 2.12 bits per heavy atom. The number of ether oxygens (including phenoxy) is 3. The van der Waals surface area contributed by atoms with Gasteiger partial charge in [-0.1, -0.05) is 15.9 Å². The highest BCUT2D eigenvalue weighted by molar-refractivity contribution is 9.08. The van der Waals surface area contributed by atoms with E-state index < -0.39 is 6.67 Å². The highest BCUT2D eigenvalue weighted by atomic mass is 79.9. The van der Waals surface area contributed by atoms with Crippen LogP contribution in [0.2, 0.25) is 0 Å². The Morgan fingerprint density at radius 1 is 1.19 bits per heavy atom. The molecule has 1 aromatic carbocycles. The van der Waals surface area contributed by atoms with Gasteiger partial charge in [-0.2, -0.15) is 0 Å². The van der Waals surface area contributed by atoms with Gasteiger partial charge in [-0.15, -0.1) is 0 Å². The minimum atomic E-state index is -0.549. The van der Waals surface area contributed by atoms with Crippen LogP contribution in [0.5, 0.6) is 17.2 Å². The van der Waals surface area contributed by atoms with Gasteiger partial charge in [0.1, 0.15) is 13.3 Å². The second-order valence-corrected chi connectivity index (χ2v) is 3.56. The minimum Gasteiger partial charge on any atom is -0.493 e. The van der Waals surface area contributed by atoms with E-state index in [1.807, 2.05) is 12.1 Å². The summed E-state index contributed by atoms with van der Waals surface area (Å²) < 4.78 is 27.7. The van der Waals surface area contributed by atoms with Crippen LogP contribution in [0, 0.1) is 0 Å². The van der Waals surface area contributed by atoms with Gasteiger partial charge in [0, 0.05) is 5.33 Å². The molecule has 0 aliphatic heterocycles. The molecule has 0 bridgehead atoms. The molecule has 0 N–H and O–H groups in total. The van der Waals surface area contributed by atoms with Gasteiger partial charge in [-0.25, -0.2) is 4.39 Å². The number of methoxy groups -OCH3 is 2. The SMILES string of the molecule is COc1cc(CBr)cc(OC)c1OCCF. The van der Waals surface area contributed by atoms with Crippen LogP contribution in [0.4, 0.5) is 4.39 Å². The number of hydrogen-bond donors (Lipinski definition) is 0. The Kier molecular flexibility index (Phi) is 5.38. The molecule has 1 rings (SSSR count). The summed E-state index contributed by atoms with van der Waals surface area (Å²) in [6, 6.07) is 3.65. The van der Waals surface area contributed by atoms with Crippen molar-refractivity contribution in [2.75, 3.05) is 27.5 Å². The fourth-order valence-corrected chi connectivity index (χ4v) is 1.62. The molecule has 5 heteroatoms. The van der Waals surface area contributed by atoms with Crippen molar-refractivity contribution in [3.05, 3.63) is 17.7 Å². The van der Waals surface area contributed by atoms with Crippen molar-refractivity contribution in [2.24, 2.45) is 0 Å². The van der Waals surface area contributed by atoms with Gasteiger partial charge in [0.15, 0.2) is 11.5 Å². The normalized spacial score (nSPS) is 10.0. The van der Waals surface area contributed by atoms with E-state index in [2.05, 4.69) is 15.9 Å². The van der Waals surface area contributed by atoms with Crippen LogP contribution in [-0.4, -0.2) is 27.5 Å². The van der Waals surface area contributed by atoms with Crippen LogP contribution in [0.15, 0.2) is 12.1 Å². The lowest BCUT2D eigenvalue weighted by molar-refractivity contribution is 0.247. The van der Waals surface area contributed by atoms with Gasteiger partial charge >= 0.3 is 0 Å². The summed E-state index contributed by atoms with van der Waals surface area (Å²) in [5.74, 6) is 1.52. The lowest BCUT2D eigenvalue weighted by atomic mass is 10.2. The molecule has 1 aromatic rings. The third kappa shape index (κ3) is 3.01. The molecule has 0 spiro atoms. The summed E-state index contributed by atoms with van der Waals surface area (Å²) in [7, 11) is 3.07. The summed E-state index contributed by atoms with van der Waals surface area (Å²) >= 11 is 3.35. The molecule has 3 nitrogen and oxygen atoms in total. The van der Waals surface area contributed by atoms with E-state index in [0.717, 1.165) is 5.56 Å². The molecule has 0 aliphatic rings. The van der Waals surface area contributed by atoms with Crippen molar-refractivity contribution in [1.29, 1.82) is 0 Å². The number of alkyl halides is 2. The fourth-order valence-electron chi connectivity index (χ4n) is 1.29. The van der Waals surface area contributed by atoms with E-state index in [4.69, 9.17) is 14.2 Å². The van der Waals surface area contributed by atoms with Gasteiger partial charge in [0.05, 0.1) is 14.2 Å². The quantitative estimate of drug-likeness (QED) is 0.755. The Labute approximate surface area is 103 Å². The van der Waals surface area contributed by atoms with E-state index >= 15 is 0 Å². The predicted molar refractivity (Wildman–Crippen MR) is 63.6 cm³/mol. The number of halogens is 2. The van der Waals surface area contributed by atoms with E-state index in [1.165, 1.54) is 14.2 Å². The highest BCUT2D eigenvalue weighted by Crippen LogP contribution is 2.38. The smallest absolute Gasteiger partial charge is 0.203 e. The zero-order chi connectivity index (χ0) is 12.0. The summed E-state index contributed by atoms with van der Waals surface area (Å²) in [5, 5.41) is 0.684. The van der Waals surface area contributed by atoms with Crippen LogP contribution in [0.1, 0.15) is 5.56 Å². The molecule has 0 radical (unpaired) electrons. The average molecular weight is 293 g/mol. The maximum absolute atomic E-state index is 12.1. The van der Waals surface area contributed by atoms with Gasteiger partial charge < -0.3 is 14.2 Å². The molecule has 0 saturated carbocycles. The largest absolute Gasteiger partial charge is 0.493 e. The Morgan fingerprint density at radius 2 is 1.75 bits per heavy atom. The van der Waals surface area contributed by atoms with Crippen LogP contribution in [0.25, 0.3) is 0 Å².